The quantitative estimate of drug-likeness (QED) is 0.0147. The summed E-state index contributed by atoms with van der Waals surface area (Å²) >= 11 is 0. The molecule has 10 amide bonds. The fraction of sp³-hybridized carbons (Fsp3) is 0.477. The van der Waals surface area contributed by atoms with Gasteiger partial charge in [-0.25, -0.2) is 0 Å². The maximum absolute atomic E-state index is 14.8. The number of carbonyl (C=O) groups excluding carboxylic acids is 10. The summed E-state index contributed by atoms with van der Waals surface area (Å²) in [6.07, 6.45) is 4.55. The van der Waals surface area contributed by atoms with Crippen LogP contribution in [-0.4, -0.2) is 124 Å². The van der Waals surface area contributed by atoms with Gasteiger partial charge in [0.2, 0.25) is 41.4 Å². The third-order valence-corrected chi connectivity index (χ3v) is 17.6. The molecule has 2 aliphatic heterocycles. The number of hydrogen-bond donors (Lipinski definition) is 9. The van der Waals surface area contributed by atoms with Gasteiger partial charge in [0.15, 0.2) is 0 Å². The van der Waals surface area contributed by atoms with Crippen molar-refractivity contribution in [2.75, 3.05) is 25.0 Å². The molecule has 4 aromatic rings. The zero-order valence-electron chi connectivity index (χ0n) is 51.0. The Labute approximate surface area is 521 Å². The first kappa shape index (κ1) is 69.4. The highest BCUT2D eigenvalue weighted by molar-refractivity contribution is 7.52. The van der Waals surface area contributed by atoms with Gasteiger partial charge in [-0.3, -0.25) is 62.7 Å². The Balaban J connectivity index is 1.04. The van der Waals surface area contributed by atoms with Crippen molar-refractivity contribution in [2.45, 2.75) is 160 Å². The van der Waals surface area contributed by atoms with Crippen molar-refractivity contribution in [3.05, 3.63) is 136 Å². The first-order chi connectivity index (χ1) is 42.8. The van der Waals surface area contributed by atoms with E-state index in [9.17, 15) is 71.1 Å². The van der Waals surface area contributed by atoms with E-state index in [-0.39, 0.29) is 98.5 Å². The highest BCUT2D eigenvalue weighted by Crippen LogP contribution is 2.59. The van der Waals surface area contributed by atoms with Gasteiger partial charge in [-0.05, 0) is 116 Å². The molecule has 0 spiro atoms. The Morgan fingerprint density at radius 1 is 0.700 bits per heavy atom. The first-order valence-corrected chi connectivity index (χ1v) is 32.3. The molecular weight excluding hydrogens is 1190 g/mol. The Kier molecular flexibility index (Phi) is 24.8. The third kappa shape index (κ3) is 18.8. The summed E-state index contributed by atoms with van der Waals surface area (Å²) in [7, 11) is -5.96. The topological polar surface area (TPSA) is 325 Å². The number of ether oxygens (including phenoxy) is 1. The Hall–Kier alpha value is -8.05. The number of nitrogens with one attached hydrogen (secondary N) is 7. The van der Waals surface area contributed by atoms with Gasteiger partial charge >= 0.3 is 13.3 Å². The van der Waals surface area contributed by atoms with Crippen LogP contribution in [0.5, 0.6) is 0 Å². The number of rotatable bonds is 31. The largest absolute Gasteiger partial charge is 0.399 e. The van der Waals surface area contributed by atoms with E-state index in [1.165, 1.54) is 18.2 Å². The SMILES string of the molecule is CCc1ccc(C(=O)NCCCC[C@H](NC(=O)[C@H](Cc2ccc(C(F)(F)P(=O)(O)O)cc2)NC(=O)[C@H](Cc2ccccc2)NC(=O)CO[C@H]2C[C@@H](C)CC[C@@H]2C(C)C)C(=O)NCCCCCC(=O)Nc2cccc3c2C(=O)N(C2CCC(=O)NC2=O)C3=O)cc1. The van der Waals surface area contributed by atoms with E-state index < -0.39 is 96.2 Å². The van der Waals surface area contributed by atoms with Crippen LogP contribution in [0.25, 0.3) is 0 Å². The number of imide groups is 2. The third-order valence-electron chi connectivity index (χ3n) is 16.6. The second kappa shape index (κ2) is 32.1. The predicted molar refractivity (Wildman–Crippen MR) is 328 cm³/mol. The molecule has 25 heteroatoms. The van der Waals surface area contributed by atoms with E-state index in [0.717, 1.165) is 60.4 Å². The van der Waals surface area contributed by atoms with Gasteiger partial charge in [-0.2, -0.15) is 8.78 Å². The fourth-order valence-corrected chi connectivity index (χ4v) is 12.0. The van der Waals surface area contributed by atoms with E-state index >= 15 is 0 Å². The number of anilines is 1. The monoisotopic (exact) mass is 1270 g/mol. The van der Waals surface area contributed by atoms with Crippen molar-refractivity contribution in [1.29, 1.82) is 0 Å². The van der Waals surface area contributed by atoms with Crippen LogP contribution in [0.2, 0.25) is 0 Å². The number of benzene rings is 4. The molecule has 0 aromatic heterocycles. The second-order valence-electron chi connectivity index (χ2n) is 23.7. The van der Waals surface area contributed by atoms with E-state index in [2.05, 4.69) is 58.0 Å². The Bertz CT molecular complexity index is 3290. The molecule has 1 aliphatic carbocycles. The van der Waals surface area contributed by atoms with Crippen LogP contribution in [0, 0.1) is 17.8 Å². The average molecular weight is 1270 g/mol. The lowest BCUT2D eigenvalue weighted by Gasteiger charge is -2.37. The van der Waals surface area contributed by atoms with Crippen LogP contribution < -0.4 is 37.2 Å². The second-order valence-corrected chi connectivity index (χ2v) is 25.4. The number of unbranched alkanes of at least 4 members (excludes halogenated alkanes) is 3. The molecule has 2 fully saturated rings. The lowest BCUT2D eigenvalue weighted by atomic mass is 9.75. The summed E-state index contributed by atoms with van der Waals surface area (Å²) in [6, 6.07) is 18.8. The Morgan fingerprint density at radius 2 is 1.33 bits per heavy atom. The lowest BCUT2D eigenvalue weighted by Crippen LogP contribution is -2.58. The van der Waals surface area contributed by atoms with Gasteiger partial charge < -0.3 is 46.4 Å². The lowest BCUT2D eigenvalue weighted by molar-refractivity contribution is -0.136. The van der Waals surface area contributed by atoms with Crippen LogP contribution in [0.4, 0.5) is 14.5 Å². The minimum atomic E-state index is -5.96. The molecular formula is C65H81F2N8O14P. The fourth-order valence-electron chi connectivity index (χ4n) is 11.5. The molecule has 2 heterocycles. The van der Waals surface area contributed by atoms with Crippen molar-refractivity contribution in [2.24, 2.45) is 17.8 Å². The van der Waals surface area contributed by atoms with Crippen molar-refractivity contribution in [3.63, 3.8) is 0 Å². The summed E-state index contributed by atoms with van der Waals surface area (Å²) in [6.45, 7) is 8.28. The summed E-state index contributed by atoms with van der Waals surface area (Å²) < 4.78 is 47.6. The summed E-state index contributed by atoms with van der Waals surface area (Å²) in [5.41, 5.74) is -3.23. The molecule has 7 rings (SSSR count). The minimum Gasteiger partial charge on any atom is -0.368 e. The molecule has 7 atom stereocenters. The number of piperidine rings is 1. The zero-order chi connectivity index (χ0) is 65.3. The highest BCUT2D eigenvalue weighted by Gasteiger charge is 2.50. The van der Waals surface area contributed by atoms with Gasteiger partial charge in [0.25, 0.3) is 17.7 Å². The number of fused-ring (bicyclic) bond motifs is 1. The van der Waals surface area contributed by atoms with Gasteiger partial charge in [0.05, 0.1) is 22.9 Å². The normalized spacial score (nSPS) is 18.6. The number of halogens is 2. The van der Waals surface area contributed by atoms with Gasteiger partial charge in [-0.1, -0.05) is 113 Å². The molecule has 1 saturated carbocycles. The van der Waals surface area contributed by atoms with E-state index in [4.69, 9.17) is 4.74 Å². The summed E-state index contributed by atoms with van der Waals surface area (Å²) in [5, 5.41) is 18.8. The molecule has 22 nitrogen and oxygen atoms in total. The number of amides is 10. The van der Waals surface area contributed by atoms with Crippen molar-refractivity contribution in [1.82, 2.24) is 36.8 Å². The Morgan fingerprint density at radius 3 is 1.99 bits per heavy atom. The van der Waals surface area contributed by atoms with Gasteiger partial charge in [0, 0.05) is 49.9 Å². The molecule has 484 valence electrons. The standard InChI is InChI=1S/C65H81F2N8O14P/c1-5-41-22-26-44(27-23-41)58(79)68-34-13-11-18-49(59(80)69-33-12-7-10-20-54(76)70-48-19-14-17-47-57(48)64(85)75(63(47)84)52-31-32-55(77)74-62(52)83)72-61(82)51(37-43-24-28-45(29-25-43)65(66,67)90(86,87)88)73-60(81)50(36-42-15-8-6-9-16-42)71-56(78)38-89-53-35-40(4)21-30-46(53)39(2)3/h6,8-9,14-17,19,22-29,39-40,46,49-53H,5,7,10-13,18,20-21,30-38H2,1-4H3,(H,68,79)(H,69,80)(H,70,76)(H,71,78)(H,72,82)(H,73,81)(H,74,77,83)(H2,86,87,88)/t40-,46+,49-,50-,51-,52?,53-/m0/s1. The molecule has 9 N–H and O–H groups in total. The predicted octanol–water partition coefficient (Wildman–Crippen LogP) is 6.51. The van der Waals surface area contributed by atoms with Crippen LogP contribution >= 0.6 is 7.60 Å². The van der Waals surface area contributed by atoms with Crippen LogP contribution in [-0.2, 0) is 67.8 Å². The first-order valence-electron chi connectivity index (χ1n) is 30.7. The van der Waals surface area contributed by atoms with E-state index in [1.807, 2.05) is 19.1 Å². The highest BCUT2D eigenvalue weighted by atomic mass is 31.2. The van der Waals surface area contributed by atoms with Crippen molar-refractivity contribution in [3.8, 4) is 0 Å². The van der Waals surface area contributed by atoms with Crippen LogP contribution in [0.1, 0.15) is 158 Å². The van der Waals surface area contributed by atoms with Crippen LogP contribution in [0.15, 0.2) is 97.1 Å². The molecule has 0 radical (unpaired) electrons. The van der Waals surface area contributed by atoms with Crippen molar-refractivity contribution < 1.29 is 75.8 Å². The average Bonchev–Trinajstić information content (AvgIpc) is 1.60. The maximum atomic E-state index is 14.8. The van der Waals surface area contributed by atoms with Gasteiger partial charge in [0.1, 0.15) is 30.8 Å². The van der Waals surface area contributed by atoms with Gasteiger partial charge in [-0.15, -0.1) is 0 Å². The number of hydrogen-bond acceptors (Lipinski definition) is 12. The summed E-state index contributed by atoms with van der Waals surface area (Å²) in [5.74, 6) is -5.61. The molecule has 0 bridgehead atoms. The van der Waals surface area contributed by atoms with E-state index in [1.54, 1.807) is 42.5 Å². The maximum Gasteiger partial charge on any atom is 0.399 e. The number of alkyl halides is 2. The van der Waals surface area contributed by atoms with E-state index in [0.29, 0.717) is 55.1 Å². The zero-order valence-corrected chi connectivity index (χ0v) is 51.9. The molecule has 3 aliphatic rings. The smallest absolute Gasteiger partial charge is 0.368 e. The molecule has 4 aromatic carbocycles. The summed E-state index contributed by atoms with van der Waals surface area (Å²) in [4.78, 5) is 154. The molecule has 1 unspecified atom stereocenters. The molecule has 1 saturated heterocycles. The van der Waals surface area contributed by atoms with Crippen LogP contribution in [0.3, 0.4) is 0 Å². The molecule has 90 heavy (non-hydrogen) atoms. The number of carbonyl (C=O) groups is 10. The minimum absolute atomic E-state index is 0.00533. The van der Waals surface area contributed by atoms with Crippen molar-refractivity contribution >= 4 is 72.4 Å². The number of aryl methyl sites for hydroxylation is 1. The number of nitrogens with zero attached hydrogens (tertiary/aromatic N) is 1.